The minimum Gasteiger partial charge on any atom is -0.508 e. The Labute approximate surface area is 120 Å². The standard InChI is InChI=1S/C14H13N3O4/c18-11-5-3-10(4-6-11)8-16-17-14(20)13(19)15-9-12-2-1-7-21-12/h1-8,18H,9H2,(H,15,19)(H,17,20)/b16-8+. The van der Waals surface area contributed by atoms with Crippen LogP contribution in [0.5, 0.6) is 5.75 Å². The van der Waals surface area contributed by atoms with Crippen LogP contribution in [0.4, 0.5) is 0 Å². The molecule has 1 heterocycles. The summed E-state index contributed by atoms with van der Waals surface area (Å²) in [5, 5.41) is 15.1. The summed E-state index contributed by atoms with van der Waals surface area (Å²) in [4.78, 5) is 22.9. The Kier molecular flexibility index (Phi) is 4.70. The van der Waals surface area contributed by atoms with Gasteiger partial charge < -0.3 is 14.8 Å². The molecule has 0 aliphatic rings. The number of nitrogens with zero attached hydrogens (tertiary/aromatic N) is 1. The SMILES string of the molecule is O=C(NCc1ccco1)C(=O)N/N=C/c1ccc(O)cc1. The fourth-order valence-electron chi connectivity index (χ4n) is 1.44. The predicted octanol–water partition coefficient (Wildman–Crippen LogP) is 0.752. The lowest BCUT2D eigenvalue weighted by molar-refractivity contribution is -0.139. The maximum Gasteiger partial charge on any atom is 0.329 e. The molecule has 0 saturated heterocycles. The van der Waals surface area contributed by atoms with Crippen molar-refractivity contribution in [2.45, 2.75) is 6.54 Å². The number of amides is 2. The van der Waals surface area contributed by atoms with Crippen molar-refractivity contribution in [2.75, 3.05) is 0 Å². The van der Waals surface area contributed by atoms with Gasteiger partial charge in [0.25, 0.3) is 0 Å². The third-order valence-corrected chi connectivity index (χ3v) is 2.48. The quantitative estimate of drug-likeness (QED) is 0.438. The van der Waals surface area contributed by atoms with E-state index < -0.39 is 11.8 Å². The van der Waals surface area contributed by atoms with E-state index in [-0.39, 0.29) is 12.3 Å². The molecule has 108 valence electrons. The highest BCUT2D eigenvalue weighted by molar-refractivity contribution is 6.35. The van der Waals surface area contributed by atoms with E-state index >= 15 is 0 Å². The van der Waals surface area contributed by atoms with Crippen molar-refractivity contribution >= 4 is 18.0 Å². The van der Waals surface area contributed by atoms with E-state index in [1.807, 2.05) is 0 Å². The number of hydrogen-bond donors (Lipinski definition) is 3. The van der Waals surface area contributed by atoms with Gasteiger partial charge in [-0.05, 0) is 42.0 Å². The number of nitrogens with one attached hydrogen (secondary N) is 2. The number of benzene rings is 1. The molecular formula is C14H13N3O4. The molecule has 1 aromatic carbocycles. The van der Waals surface area contributed by atoms with Crippen LogP contribution in [0.15, 0.2) is 52.2 Å². The summed E-state index contributed by atoms with van der Waals surface area (Å²) in [5.74, 6) is -1.01. The summed E-state index contributed by atoms with van der Waals surface area (Å²) in [6, 6.07) is 9.56. The van der Waals surface area contributed by atoms with Gasteiger partial charge in [-0.1, -0.05) is 0 Å². The lowest BCUT2D eigenvalue weighted by atomic mass is 10.2. The zero-order valence-corrected chi connectivity index (χ0v) is 10.9. The van der Waals surface area contributed by atoms with Crippen molar-refractivity contribution in [3.05, 3.63) is 54.0 Å². The molecule has 0 radical (unpaired) electrons. The van der Waals surface area contributed by atoms with Gasteiger partial charge in [0.15, 0.2) is 0 Å². The smallest absolute Gasteiger partial charge is 0.329 e. The van der Waals surface area contributed by atoms with E-state index in [2.05, 4.69) is 15.8 Å². The van der Waals surface area contributed by atoms with Crippen LogP contribution < -0.4 is 10.7 Å². The highest BCUT2D eigenvalue weighted by Gasteiger charge is 2.12. The largest absolute Gasteiger partial charge is 0.508 e. The predicted molar refractivity (Wildman–Crippen MR) is 74.4 cm³/mol. The maximum atomic E-state index is 11.5. The number of furan rings is 1. The van der Waals surface area contributed by atoms with Gasteiger partial charge in [0.1, 0.15) is 11.5 Å². The van der Waals surface area contributed by atoms with Crippen molar-refractivity contribution in [3.63, 3.8) is 0 Å². The monoisotopic (exact) mass is 287 g/mol. The molecule has 2 amide bonds. The second-order valence-electron chi connectivity index (χ2n) is 4.05. The third-order valence-electron chi connectivity index (χ3n) is 2.48. The van der Waals surface area contributed by atoms with Crippen LogP contribution in [0.1, 0.15) is 11.3 Å². The summed E-state index contributed by atoms with van der Waals surface area (Å²) in [5.41, 5.74) is 2.77. The normalized spacial score (nSPS) is 10.5. The van der Waals surface area contributed by atoms with Crippen LogP contribution in [0.3, 0.4) is 0 Å². The van der Waals surface area contributed by atoms with Gasteiger partial charge in [-0.2, -0.15) is 5.10 Å². The molecule has 0 bridgehead atoms. The number of rotatable bonds is 4. The van der Waals surface area contributed by atoms with Crippen LogP contribution in [-0.2, 0) is 16.1 Å². The van der Waals surface area contributed by atoms with Gasteiger partial charge in [0.2, 0.25) is 0 Å². The molecule has 0 spiro atoms. The first-order chi connectivity index (χ1) is 10.1. The minimum absolute atomic E-state index is 0.126. The van der Waals surface area contributed by atoms with E-state index in [9.17, 15) is 9.59 Å². The fourth-order valence-corrected chi connectivity index (χ4v) is 1.44. The van der Waals surface area contributed by atoms with Crippen molar-refractivity contribution in [2.24, 2.45) is 5.10 Å². The van der Waals surface area contributed by atoms with E-state index in [0.29, 0.717) is 11.3 Å². The minimum atomic E-state index is -0.878. The first-order valence-electron chi connectivity index (χ1n) is 6.08. The van der Waals surface area contributed by atoms with E-state index in [1.54, 1.807) is 24.3 Å². The Morgan fingerprint density at radius 2 is 1.95 bits per heavy atom. The second-order valence-corrected chi connectivity index (χ2v) is 4.05. The van der Waals surface area contributed by atoms with Crippen LogP contribution in [0.25, 0.3) is 0 Å². The molecule has 0 saturated carbocycles. The summed E-state index contributed by atoms with van der Waals surface area (Å²) in [6.07, 6.45) is 2.83. The Morgan fingerprint density at radius 1 is 1.19 bits per heavy atom. The van der Waals surface area contributed by atoms with E-state index in [4.69, 9.17) is 9.52 Å². The zero-order valence-electron chi connectivity index (χ0n) is 10.9. The third kappa shape index (κ3) is 4.50. The molecule has 0 aliphatic carbocycles. The summed E-state index contributed by atoms with van der Waals surface area (Å²) >= 11 is 0. The molecular weight excluding hydrogens is 274 g/mol. The highest BCUT2D eigenvalue weighted by Crippen LogP contribution is 2.07. The van der Waals surface area contributed by atoms with Gasteiger partial charge in [-0.25, -0.2) is 5.43 Å². The Balaban J connectivity index is 1.78. The average Bonchev–Trinajstić information content (AvgIpc) is 3.00. The van der Waals surface area contributed by atoms with Gasteiger partial charge in [0, 0.05) is 0 Å². The summed E-state index contributed by atoms with van der Waals surface area (Å²) < 4.78 is 5.02. The summed E-state index contributed by atoms with van der Waals surface area (Å²) in [6.45, 7) is 0.126. The van der Waals surface area contributed by atoms with Crippen molar-refractivity contribution in [1.29, 1.82) is 0 Å². The number of aromatic hydroxyl groups is 1. The van der Waals surface area contributed by atoms with Gasteiger partial charge in [-0.15, -0.1) is 0 Å². The van der Waals surface area contributed by atoms with Crippen LogP contribution in [0.2, 0.25) is 0 Å². The number of hydrazone groups is 1. The first-order valence-corrected chi connectivity index (χ1v) is 6.08. The van der Waals surface area contributed by atoms with Crippen molar-refractivity contribution in [3.8, 4) is 5.75 Å². The Morgan fingerprint density at radius 3 is 2.62 bits per heavy atom. The number of phenols is 1. The van der Waals surface area contributed by atoms with Gasteiger partial charge >= 0.3 is 11.8 Å². The molecule has 0 aliphatic heterocycles. The molecule has 2 aromatic rings. The number of phenolic OH excluding ortho intramolecular Hbond substituents is 1. The number of hydrogen-bond acceptors (Lipinski definition) is 5. The van der Waals surface area contributed by atoms with E-state index in [1.165, 1.54) is 24.6 Å². The first kappa shape index (κ1) is 14.3. The molecule has 2 rings (SSSR count). The fraction of sp³-hybridized carbons (Fsp3) is 0.0714. The van der Waals surface area contributed by atoms with Crippen LogP contribution in [0, 0.1) is 0 Å². The Bertz CT molecular complexity index is 633. The zero-order chi connectivity index (χ0) is 15.1. The maximum absolute atomic E-state index is 11.5. The van der Waals surface area contributed by atoms with Gasteiger partial charge in [0.05, 0.1) is 19.0 Å². The van der Waals surface area contributed by atoms with Crippen LogP contribution in [-0.4, -0.2) is 23.1 Å². The highest BCUT2D eigenvalue weighted by atomic mass is 16.3. The number of carbonyl (C=O) groups is 2. The van der Waals surface area contributed by atoms with Crippen molar-refractivity contribution < 1.29 is 19.1 Å². The molecule has 1 aromatic heterocycles. The molecule has 21 heavy (non-hydrogen) atoms. The van der Waals surface area contributed by atoms with Gasteiger partial charge in [-0.3, -0.25) is 9.59 Å². The van der Waals surface area contributed by atoms with Crippen LogP contribution >= 0.6 is 0 Å². The van der Waals surface area contributed by atoms with Crippen molar-refractivity contribution in [1.82, 2.24) is 10.7 Å². The topological polar surface area (TPSA) is 104 Å². The molecule has 0 atom stereocenters. The number of carbonyl (C=O) groups excluding carboxylic acids is 2. The van der Waals surface area contributed by atoms with E-state index in [0.717, 1.165) is 0 Å². The lowest BCUT2D eigenvalue weighted by Crippen LogP contribution is -2.37. The average molecular weight is 287 g/mol. The molecule has 0 fully saturated rings. The molecule has 7 nitrogen and oxygen atoms in total. The molecule has 3 N–H and O–H groups in total. The summed E-state index contributed by atoms with van der Waals surface area (Å²) in [7, 11) is 0. The Hall–Kier alpha value is -3.09. The lowest BCUT2D eigenvalue weighted by Gasteiger charge is -2.01. The molecule has 7 heteroatoms. The molecule has 0 unspecified atom stereocenters. The second kappa shape index (κ2) is 6.90.